The summed E-state index contributed by atoms with van der Waals surface area (Å²) in [4.78, 5) is 20.4. The molecule has 0 fully saturated rings. The summed E-state index contributed by atoms with van der Waals surface area (Å²) in [6.07, 6.45) is 0. The molecule has 1 atom stereocenters. The van der Waals surface area contributed by atoms with Gasteiger partial charge in [0.1, 0.15) is 5.75 Å². The zero-order chi connectivity index (χ0) is 11.4. The minimum atomic E-state index is -0.958. The van der Waals surface area contributed by atoms with Gasteiger partial charge in [-0.25, -0.2) is 0 Å². The van der Waals surface area contributed by atoms with E-state index in [1.807, 2.05) is 0 Å². The number of halogens is 2. The van der Waals surface area contributed by atoms with E-state index in [4.69, 9.17) is 16.3 Å². The van der Waals surface area contributed by atoms with Crippen molar-refractivity contribution in [2.24, 2.45) is 0 Å². The van der Waals surface area contributed by atoms with Gasteiger partial charge in [0.05, 0.1) is 4.92 Å². The molecule has 0 radical (unpaired) electrons. The average Bonchev–Trinajstić information content (AvgIpc) is 2.18. The molecule has 0 bridgehead atoms. The molecule has 1 aromatic carbocycles. The Labute approximate surface area is 98.3 Å². The van der Waals surface area contributed by atoms with Crippen LogP contribution in [0.25, 0.3) is 0 Å². The van der Waals surface area contributed by atoms with Crippen molar-refractivity contribution in [3.63, 3.8) is 0 Å². The molecule has 0 saturated heterocycles. The average molecular weight is 294 g/mol. The number of non-ortho nitro benzene ring substituents is 1. The summed E-state index contributed by atoms with van der Waals surface area (Å²) in [7, 11) is 0. The maximum absolute atomic E-state index is 10.6. The molecule has 1 unspecified atom stereocenters. The summed E-state index contributed by atoms with van der Waals surface area (Å²) in [6, 6.07) is 5.31. The smallest absolute Gasteiger partial charge is 0.273 e. The van der Waals surface area contributed by atoms with E-state index in [-0.39, 0.29) is 5.69 Å². The van der Waals surface area contributed by atoms with Crippen molar-refractivity contribution in [1.82, 2.24) is 0 Å². The van der Waals surface area contributed by atoms with Gasteiger partial charge in [0.2, 0.25) is 5.01 Å². The molecule has 0 aliphatic heterocycles. The Morgan fingerprint density at radius 3 is 2.40 bits per heavy atom. The van der Waals surface area contributed by atoms with Crippen LogP contribution in [0.5, 0.6) is 5.75 Å². The van der Waals surface area contributed by atoms with Crippen molar-refractivity contribution in [3.8, 4) is 5.75 Å². The highest BCUT2D eigenvalue weighted by atomic mass is 79.9. The quantitative estimate of drug-likeness (QED) is 0.370. The number of hydrogen-bond donors (Lipinski definition) is 0. The van der Waals surface area contributed by atoms with Gasteiger partial charge in [-0.05, 0) is 39.7 Å². The number of benzene rings is 1. The molecule has 7 heteroatoms. The summed E-state index contributed by atoms with van der Waals surface area (Å²) >= 11 is 8.03. The highest BCUT2D eigenvalue weighted by Gasteiger charge is 2.14. The Kier molecular flexibility index (Phi) is 4.05. The SMILES string of the molecule is O=C(Cl)C(Br)Oc1ccc([N+](=O)[O-])cc1. The summed E-state index contributed by atoms with van der Waals surface area (Å²) in [5.74, 6) is 0.316. The molecule has 0 N–H and O–H groups in total. The van der Waals surface area contributed by atoms with E-state index < -0.39 is 15.2 Å². The van der Waals surface area contributed by atoms with Gasteiger partial charge in [0.25, 0.3) is 10.9 Å². The van der Waals surface area contributed by atoms with E-state index in [1.165, 1.54) is 24.3 Å². The lowest BCUT2D eigenvalue weighted by Crippen LogP contribution is -2.15. The number of ether oxygens (including phenoxy) is 1. The predicted octanol–water partition coefficient (Wildman–Crippen LogP) is 2.46. The van der Waals surface area contributed by atoms with Gasteiger partial charge in [-0.15, -0.1) is 0 Å². The van der Waals surface area contributed by atoms with Gasteiger partial charge >= 0.3 is 0 Å². The molecule has 0 spiro atoms. The minimum Gasteiger partial charge on any atom is -0.470 e. The Bertz CT molecular complexity index is 381. The first-order chi connectivity index (χ1) is 7.00. The van der Waals surface area contributed by atoms with Crippen LogP contribution in [0.1, 0.15) is 0 Å². The summed E-state index contributed by atoms with van der Waals surface area (Å²) in [6.45, 7) is 0. The number of carbonyl (C=O) groups is 1. The molecule has 80 valence electrons. The molecule has 5 nitrogen and oxygen atoms in total. The standard InChI is InChI=1S/C8H5BrClNO4/c9-7(8(10)12)15-6-3-1-5(2-4-6)11(13)14/h1-4,7H. The van der Waals surface area contributed by atoms with Crippen LogP contribution < -0.4 is 4.74 Å². The predicted molar refractivity (Wildman–Crippen MR) is 57.3 cm³/mol. The second-order valence-corrected chi connectivity index (χ2v) is 3.69. The molecule has 0 saturated carbocycles. The third-order valence-electron chi connectivity index (χ3n) is 1.47. The highest BCUT2D eigenvalue weighted by Crippen LogP contribution is 2.20. The number of alkyl halides is 1. The highest BCUT2D eigenvalue weighted by molar-refractivity contribution is 9.09. The van der Waals surface area contributed by atoms with Gasteiger partial charge in [-0.1, -0.05) is 0 Å². The van der Waals surface area contributed by atoms with Crippen LogP contribution in [0.2, 0.25) is 0 Å². The van der Waals surface area contributed by atoms with Crippen LogP contribution in [0.15, 0.2) is 24.3 Å². The largest absolute Gasteiger partial charge is 0.470 e. The van der Waals surface area contributed by atoms with Gasteiger partial charge in [0.15, 0.2) is 0 Å². The Hall–Kier alpha value is -1.14. The van der Waals surface area contributed by atoms with Crippen LogP contribution in [0.3, 0.4) is 0 Å². The van der Waals surface area contributed by atoms with Gasteiger partial charge < -0.3 is 4.74 Å². The Morgan fingerprint density at radius 2 is 2.00 bits per heavy atom. The second kappa shape index (κ2) is 5.09. The van der Waals surface area contributed by atoms with Crippen molar-refractivity contribution in [2.45, 2.75) is 5.01 Å². The molecule has 15 heavy (non-hydrogen) atoms. The number of nitro groups is 1. The van der Waals surface area contributed by atoms with Gasteiger partial charge in [0, 0.05) is 12.1 Å². The number of carbonyl (C=O) groups excluding carboxylic acids is 1. The Balaban J connectivity index is 2.72. The first kappa shape index (κ1) is 11.9. The topological polar surface area (TPSA) is 69.4 Å². The summed E-state index contributed by atoms with van der Waals surface area (Å²) in [5.41, 5.74) is -0.0503. The molecule has 0 heterocycles. The Morgan fingerprint density at radius 1 is 1.47 bits per heavy atom. The molecule has 1 rings (SSSR count). The number of hydrogen-bond acceptors (Lipinski definition) is 4. The number of nitro benzene ring substituents is 1. The van der Waals surface area contributed by atoms with E-state index in [2.05, 4.69) is 15.9 Å². The monoisotopic (exact) mass is 293 g/mol. The lowest BCUT2D eigenvalue weighted by Gasteiger charge is -2.07. The molecule has 0 aliphatic carbocycles. The third kappa shape index (κ3) is 3.49. The normalized spacial score (nSPS) is 11.9. The van der Waals surface area contributed by atoms with Gasteiger partial charge in [-0.3, -0.25) is 14.9 Å². The lowest BCUT2D eigenvalue weighted by molar-refractivity contribution is -0.384. The lowest BCUT2D eigenvalue weighted by atomic mass is 10.3. The van der Waals surface area contributed by atoms with E-state index in [0.717, 1.165) is 0 Å². The van der Waals surface area contributed by atoms with E-state index in [0.29, 0.717) is 5.75 Å². The fourth-order valence-corrected chi connectivity index (χ4v) is 1.07. The van der Waals surface area contributed by atoms with Crippen LogP contribution in [0.4, 0.5) is 5.69 Å². The van der Waals surface area contributed by atoms with Gasteiger partial charge in [-0.2, -0.15) is 0 Å². The number of nitrogens with zero attached hydrogens (tertiary/aromatic N) is 1. The van der Waals surface area contributed by atoms with Crippen molar-refractivity contribution < 1.29 is 14.5 Å². The van der Waals surface area contributed by atoms with Crippen LogP contribution >= 0.6 is 27.5 Å². The molecular weight excluding hydrogens is 289 g/mol. The van der Waals surface area contributed by atoms with E-state index in [1.54, 1.807) is 0 Å². The van der Waals surface area contributed by atoms with E-state index >= 15 is 0 Å². The minimum absolute atomic E-state index is 0.0503. The second-order valence-electron chi connectivity index (χ2n) is 2.49. The molecular formula is C8H5BrClNO4. The summed E-state index contributed by atoms with van der Waals surface area (Å²) < 4.78 is 5.02. The van der Waals surface area contributed by atoms with Crippen LogP contribution in [-0.2, 0) is 4.79 Å². The van der Waals surface area contributed by atoms with Crippen molar-refractivity contribution in [2.75, 3.05) is 0 Å². The van der Waals surface area contributed by atoms with Crippen LogP contribution in [0, 0.1) is 10.1 Å². The summed E-state index contributed by atoms with van der Waals surface area (Å²) in [5, 5.41) is 8.66. The van der Waals surface area contributed by atoms with Crippen molar-refractivity contribution in [3.05, 3.63) is 34.4 Å². The first-order valence-electron chi connectivity index (χ1n) is 3.75. The molecule has 0 amide bonds. The van der Waals surface area contributed by atoms with Crippen LogP contribution in [-0.4, -0.2) is 15.2 Å². The number of rotatable bonds is 4. The molecule has 0 aliphatic rings. The fraction of sp³-hybridized carbons (Fsp3) is 0.125. The fourth-order valence-electron chi connectivity index (χ4n) is 0.812. The molecule has 1 aromatic rings. The zero-order valence-electron chi connectivity index (χ0n) is 7.22. The zero-order valence-corrected chi connectivity index (χ0v) is 9.56. The first-order valence-corrected chi connectivity index (χ1v) is 5.04. The third-order valence-corrected chi connectivity index (χ3v) is 2.53. The maximum Gasteiger partial charge on any atom is 0.273 e. The van der Waals surface area contributed by atoms with E-state index in [9.17, 15) is 14.9 Å². The van der Waals surface area contributed by atoms with Crippen molar-refractivity contribution >= 4 is 38.5 Å². The van der Waals surface area contributed by atoms with Crippen molar-refractivity contribution in [1.29, 1.82) is 0 Å². The molecule has 0 aromatic heterocycles. The maximum atomic E-state index is 10.6.